The summed E-state index contributed by atoms with van der Waals surface area (Å²) in [5.74, 6) is 6.51. The van der Waals surface area contributed by atoms with Crippen molar-refractivity contribution in [2.45, 2.75) is 50.9 Å². The topological polar surface area (TPSA) is 131 Å². The number of nitrogens with two attached hydrogens (primary N) is 1. The van der Waals surface area contributed by atoms with Crippen LogP contribution < -0.4 is 11.1 Å². The molecule has 2 amide bonds. The molecule has 2 aliphatic rings. The molecule has 2 fully saturated rings. The molecule has 12 heteroatoms. The van der Waals surface area contributed by atoms with Crippen LogP contribution in [-0.2, 0) is 4.79 Å². The number of primary amides is 1. The van der Waals surface area contributed by atoms with Crippen LogP contribution in [0.25, 0.3) is 11.0 Å². The number of carbonyl (C=O) groups excluding carboxylic acids is 2. The molecule has 1 saturated heterocycles. The number of aliphatic hydroxyl groups excluding tert-OH is 1. The van der Waals surface area contributed by atoms with E-state index in [9.17, 15) is 14.7 Å². The van der Waals surface area contributed by atoms with Gasteiger partial charge >= 0.3 is 0 Å². The number of halogens is 1. The number of benzene rings is 1. The highest BCUT2D eigenvalue weighted by atomic mass is 35.5. The van der Waals surface area contributed by atoms with Crippen molar-refractivity contribution in [2.24, 2.45) is 5.73 Å². The average Bonchev–Trinajstić information content (AvgIpc) is 3.35. The predicted molar refractivity (Wildman–Crippen MR) is 147 cm³/mol. The smallest absolute Gasteiger partial charge is 0.255 e. The number of aliphatic hydroxyl groups is 1. The largest absolute Gasteiger partial charge is 0.391 e. The van der Waals surface area contributed by atoms with Crippen LogP contribution in [-0.4, -0.2) is 75.1 Å². The molecule has 0 spiro atoms. The highest BCUT2D eigenvalue weighted by Crippen LogP contribution is 2.39. The summed E-state index contributed by atoms with van der Waals surface area (Å²) in [6, 6.07) is 4.37. The zero-order valence-electron chi connectivity index (χ0n) is 21.5. The Kier molecular flexibility index (Phi) is 6.81. The van der Waals surface area contributed by atoms with Crippen LogP contribution in [0, 0.1) is 18.8 Å². The van der Waals surface area contributed by atoms with Gasteiger partial charge in [0.05, 0.1) is 28.2 Å². The summed E-state index contributed by atoms with van der Waals surface area (Å²) >= 11 is 6.61. The minimum Gasteiger partial charge on any atom is -0.391 e. The van der Waals surface area contributed by atoms with E-state index >= 15 is 0 Å². The minimum atomic E-state index is -1.56. The van der Waals surface area contributed by atoms with Crippen molar-refractivity contribution in [2.75, 3.05) is 18.5 Å². The monoisotopic (exact) mass is 550 g/mol. The van der Waals surface area contributed by atoms with Crippen LogP contribution in [0.15, 0.2) is 24.8 Å². The molecule has 1 saturated carbocycles. The number of carbonyl (C=O) groups is 2. The standard InChI is InChI=1S/C26H29ClN7O3Si/c1-5-23(36)32-13-38(12-22(32)14(2)35)34-26(29-4)24(25(28)37)19(31-34)9-6-16-10-20-21(11-18(16)27)33(15(3)30-20)17-7-8-17/h5,10-11,14,17,22,29,35H,1,7-8,12-13H2,2-4H3,(H2,28,37)/t14?,22-/m1/s1. The Morgan fingerprint density at radius 3 is 2.71 bits per heavy atom. The van der Waals surface area contributed by atoms with Crippen LogP contribution in [0.1, 0.15) is 53.2 Å². The molecule has 1 aliphatic carbocycles. The number of hydrogen-bond donors (Lipinski definition) is 3. The van der Waals surface area contributed by atoms with Gasteiger partial charge in [0, 0.05) is 24.8 Å². The van der Waals surface area contributed by atoms with Crippen molar-refractivity contribution in [3.63, 3.8) is 0 Å². The van der Waals surface area contributed by atoms with E-state index in [0.29, 0.717) is 34.7 Å². The summed E-state index contributed by atoms with van der Waals surface area (Å²) in [5.41, 5.74) is 8.52. The summed E-state index contributed by atoms with van der Waals surface area (Å²) in [5, 5.41) is 18.5. The molecule has 1 unspecified atom stereocenters. The number of anilines is 1. The molecule has 0 bridgehead atoms. The van der Waals surface area contributed by atoms with Crippen molar-refractivity contribution in [1.29, 1.82) is 0 Å². The summed E-state index contributed by atoms with van der Waals surface area (Å²) in [6.07, 6.45) is 3.17. The first kappa shape index (κ1) is 26.0. The number of rotatable bonds is 6. The number of imidazole rings is 1. The maximum atomic E-state index is 12.5. The zero-order chi connectivity index (χ0) is 27.3. The number of aryl methyl sites for hydroxylation is 1. The van der Waals surface area contributed by atoms with Crippen LogP contribution in [0.4, 0.5) is 5.82 Å². The highest BCUT2D eigenvalue weighted by Gasteiger charge is 2.41. The van der Waals surface area contributed by atoms with Gasteiger partial charge in [0.2, 0.25) is 14.9 Å². The van der Waals surface area contributed by atoms with Crippen LogP contribution >= 0.6 is 11.6 Å². The Labute approximate surface area is 227 Å². The first-order valence-corrected chi connectivity index (χ1v) is 14.6. The second-order valence-electron chi connectivity index (χ2n) is 9.68. The summed E-state index contributed by atoms with van der Waals surface area (Å²) in [4.78, 5) is 31.2. The van der Waals surface area contributed by atoms with Gasteiger partial charge in [-0.1, -0.05) is 24.1 Å². The van der Waals surface area contributed by atoms with Gasteiger partial charge in [0.15, 0.2) is 0 Å². The van der Waals surface area contributed by atoms with Crippen LogP contribution in [0.3, 0.4) is 0 Å². The molecule has 1 aliphatic heterocycles. The van der Waals surface area contributed by atoms with Gasteiger partial charge in [-0.3, -0.25) is 13.9 Å². The Bertz CT molecular complexity index is 1530. The number of nitrogens with one attached hydrogen (secondary N) is 1. The fourth-order valence-electron chi connectivity index (χ4n) is 5.12. The third-order valence-corrected chi connectivity index (χ3v) is 9.89. The lowest BCUT2D eigenvalue weighted by Gasteiger charge is -2.25. The summed E-state index contributed by atoms with van der Waals surface area (Å²) in [7, 11) is 0.119. The van der Waals surface area contributed by atoms with E-state index in [4.69, 9.17) is 17.3 Å². The third kappa shape index (κ3) is 4.49. The number of hydrogen-bond acceptors (Lipinski definition) is 6. The molecule has 4 N–H and O–H groups in total. The first-order chi connectivity index (χ1) is 18.1. The zero-order valence-corrected chi connectivity index (χ0v) is 23.2. The van der Waals surface area contributed by atoms with Crippen molar-refractivity contribution >= 4 is 49.2 Å². The molecule has 5 rings (SSSR count). The van der Waals surface area contributed by atoms with E-state index in [1.54, 1.807) is 23.2 Å². The van der Waals surface area contributed by atoms with E-state index in [-0.39, 0.29) is 23.2 Å². The van der Waals surface area contributed by atoms with Gasteiger partial charge in [-0.2, -0.15) is 5.10 Å². The molecule has 2 atom stereocenters. The molecule has 3 aromatic rings. The van der Waals surface area contributed by atoms with Gasteiger partial charge in [0.1, 0.15) is 22.9 Å². The van der Waals surface area contributed by atoms with E-state index in [1.165, 1.54) is 6.08 Å². The lowest BCUT2D eigenvalue weighted by Crippen LogP contribution is -2.41. The maximum absolute atomic E-state index is 12.5. The van der Waals surface area contributed by atoms with E-state index < -0.39 is 21.0 Å². The highest BCUT2D eigenvalue weighted by molar-refractivity contribution is 6.59. The van der Waals surface area contributed by atoms with E-state index in [1.807, 2.05) is 19.1 Å². The molecule has 1 radical (unpaired) electrons. The summed E-state index contributed by atoms with van der Waals surface area (Å²) < 4.78 is 3.95. The van der Waals surface area contributed by atoms with Gasteiger partial charge in [0.25, 0.3) is 5.91 Å². The SMILES string of the molecule is C=CC(=O)N1C[Si](n2nc(C#Cc3cc4nc(C)n(C5CC5)c4cc3Cl)c(C(N)=O)c2NC)C[C@@H]1C(C)O. The molecule has 3 heterocycles. The molecular weight excluding hydrogens is 522 g/mol. The lowest BCUT2D eigenvalue weighted by atomic mass is 10.1. The van der Waals surface area contributed by atoms with E-state index in [2.05, 4.69) is 38.4 Å². The van der Waals surface area contributed by atoms with Gasteiger partial charge in [-0.05, 0) is 56.9 Å². The Morgan fingerprint density at radius 2 is 2.11 bits per heavy atom. The second kappa shape index (κ2) is 9.94. The molecular formula is C26H29ClN7O3Si. The van der Waals surface area contributed by atoms with Gasteiger partial charge in [-0.15, -0.1) is 0 Å². The van der Waals surface area contributed by atoms with Crippen LogP contribution in [0.5, 0.6) is 0 Å². The van der Waals surface area contributed by atoms with Crippen LogP contribution in [0.2, 0.25) is 11.1 Å². The molecule has 1 aromatic carbocycles. The number of aromatic nitrogens is 4. The maximum Gasteiger partial charge on any atom is 0.255 e. The van der Waals surface area contributed by atoms with Gasteiger partial charge < -0.3 is 25.6 Å². The number of fused-ring (bicyclic) bond motifs is 1. The second-order valence-corrected chi connectivity index (χ2v) is 12.4. The number of nitrogens with zero attached hydrogens (tertiary/aromatic N) is 5. The molecule has 197 valence electrons. The molecule has 38 heavy (non-hydrogen) atoms. The van der Waals surface area contributed by atoms with Crippen molar-refractivity contribution in [1.82, 2.24) is 23.9 Å². The average molecular weight is 551 g/mol. The van der Waals surface area contributed by atoms with E-state index in [0.717, 1.165) is 29.7 Å². The Morgan fingerprint density at radius 1 is 1.37 bits per heavy atom. The lowest BCUT2D eigenvalue weighted by molar-refractivity contribution is -0.128. The first-order valence-electron chi connectivity index (χ1n) is 12.4. The fourth-order valence-corrected chi connectivity index (χ4v) is 8.37. The molecule has 2 aromatic heterocycles. The normalized spacial score (nSPS) is 18.3. The minimum absolute atomic E-state index is 0.172. The predicted octanol–water partition coefficient (Wildman–Crippen LogP) is 2.23. The Hall–Kier alpha value is -3.59. The Balaban J connectivity index is 1.54. The third-order valence-electron chi connectivity index (χ3n) is 7.06. The van der Waals surface area contributed by atoms with Gasteiger partial charge in [-0.25, -0.2) is 4.98 Å². The summed E-state index contributed by atoms with van der Waals surface area (Å²) in [6.45, 7) is 7.22. The van der Waals surface area contributed by atoms with Crippen molar-refractivity contribution < 1.29 is 14.7 Å². The quantitative estimate of drug-likeness (QED) is 0.245. The fraction of sp³-hybridized carbons (Fsp3) is 0.385. The number of amides is 2. The van der Waals surface area contributed by atoms with Crippen molar-refractivity contribution in [3.8, 4) is 11.8 Å². The molecule has 10 nitrogen and oxygen atoms in total. The van der Waals surface area contributed by atoms with Crippen molar-refractivity contribution in [3.05, 3.63) is 52.5 Å².